The number of esters is 1. The minimum absolute atomic E-state index is 0.0901. The van der Waals surface area contributed by atoms with Crippen molar-refractivity contribution in [1.82, 2.24) is 14.7 Å². The van der Waals surface area contributed by atoms with Gasteiger partial charge in [-0.05, 0) is 48.6 Å². The first-order valence-corrected chi connectivity index (χ1v) is 17.0. The third-order valence-corrected chi connectivity index (χ3v) is 10.3. The third kappa shape index (κ3) is 6.37. The summed E-state index contributed by atoms with van der Waals surface area (Å²) >= 11 is 0. The molecule has 1 saturated heterocycles. The van der Waals surface area contributed by atoms with E-state index in [1.165, 1.54) is 9.80 Å². The molecule has 3 aromatic carbocycles. The number of likely N-dealkylation sites (tertiary alicyclic amines) is 1. The van der Waals surface area contributed by atoms with E-state index in [-0.39, 0.29) is 25.6 Å². The second-order valence-electron chi connectivity index (χ2n) is 13.2. The lowest BCUT2D eigenvalue weighted by Crippen LogP contribution is -2.50. The maximum absolute atomic E-state index is 14.7. The number of ether oxygens (including phenoxy) is 2. The van der Waals surface area contributed by atoms with E-state index in [4.69, 9.17) is 9.47 Å². The molecule has 254 valence electrons. The van der Waals surface area contributed by atoms with Gasteiger partial charge in [-0.15, -0.1) is 0 Å². The highest BCUT2D eigenvalue weighted by molar-refractivity contribution is 6.21. The summed E-state index contributed by atoms with van der Waals surface area (Å²) in [4.78, 5) is 71.3. The Morgan fingerprint density at radius 1 is 0.796 bits per heavy atom. The van der Waals surface area contributed by atoms with E-state index >= 15 is 0 Å². The summed E-state index contributed by atoms with van der Waals surface area (Å²) in [5.41, 5.74) is 3.13. The largest absolute Gasteiger partial charge is 0.488 e. The summed E-state index contributed by atoms with van der Waals surface area (Å²) < 4.78 is 12.2. The highest BCUT2D eigenvalue weighted by atomic mass is 16.5. The normalized spacial score (nSPS) is 23.2. The molecule has 1 N–H and O–H groups in total. The zero-order valence-corrected chi connectivity index (χ0v) is 27.2. The first-order valence-electron chi connectivity index (χ1n) is 17.0. The van der Waals surface area contributed by atoms with Crippen molar-refractivity contribution in [2.24, 2.45) is 11.8 Å². The summed E-state index contributed by atoms with van der Waals surface area (Å²) in [5, 5.41) is 9.51. The van der Waals surface area contributed by atoms with Crippen molar-refractivity contribution >= 4 is 29.8 Å². The van der Waals surface area contributed by atoms with E-state index in [1.807, 2.05) is 42.5 Å². The molecule has 0 aromatic heterocycles. The van der Waals surface area contributed by atoms with Crippen molar-refractivity contribution < 1.29 is 38.6 Å². The van der Waals surface area contributed by atoms with Crippen molar-refractivity contribution in [2.45, 2.75) is 57.3 Å². The van der Waals surface area contributed by atoms with Crippen LogP contribution in [0.5, 0.6) is 5.75 Å². The fourth-order valence-corrected chi connectivity index (χ4v) is 7.81. The number of nitrogens with zero attached hydrogens (tertiary/aromatic N) is 3. The number of hydrogen-bond acceptors (Lipinski definition) is 7. The number of rotatable bonds is 8. The Bertz CT molecular complexity index is 1740. The van der Waals surface area contributed by atoms with E-state index in [2.05, 4.69) is 0 Å². The summed E-state index contributed by atoms with van der Waals surface area (Å²) in [6.07, 6.45) is 2.29. The number of carboxylic acid groups (broad SMARTS) is 1. The molecule has 3 aromatic rings. The van der Waals surface area contributed by atoms with E-state index in [1.54, 1.807) is 35.2 Å². The maximum atomic E-state index is 14.7. The molecule has 0 bridgehead atoms. The number of amides is 4. The molecular weight excluding hydrogens is 626 g/mol. The monoisotopic (exact) mass is 665 g/mol. The van der Waals surface area contributed by atoms with Crippen LogP contribution in [0.2, 0.25) is 0 Å². The third-order valence-electron chi connectivity index (χ3n) is 10.3. The maximum Gasteiger partial charge on any atom is 0.407 e. The zero-order chi connectivity index (χ0) is 34.1. The van der Waals surface area contributed by atoms with Crippen molar-refractivity contribution in [3.8, 4) is 5.75 Å². The van der Waals surface area contributed by atoms with Gasteiger partial charge in [-0.3, -0.25) is 24.1 Å². The predicted octanol–water partition coefficient (Wildman–Crippen LogP) is 5.09. The second-order valence-corrected chi connectivity index (χ2v) is 13.2. The van der Waals surface area contributed by atoms with E-state index < -0.39 is 47.9 Å². The van der Waals surface area contributed by atoms with Gasteiger partial charge < -0.3 is 24.4 Å². The van der Waals surface area contributed by atoms with Gasteiger partial charge >= 0.3 is 12.1 Å². The molecular formula is C38H39N3O8. The molecule has 4 atom stereocenters. The van der Waals surface area contributed by atoms with Crippen molar-refractivity contribution in [2.75, 3.05) is 26.2 Å². The van der Waals surface area contributed by atoms with Gasteiger partial charge in [0.05, 0.1) is 42.1 Å². The van der Waals surface area contributed by atoms with Gasteiger partial charge in [-0.2, -0.15) is 0 Å². The minimum Gasteiger partial charge on any atom is -0.488 e. The van der Waals surface area contributed by atoms with Gasteiger partial charge in [0.15, 0.2) is 0 Å². The lowest BCUT2D eigenvalue weighted by atomic mass is 9.77. The number of carbonyl (C=O) groups excluding carboxylic acids is 4. The molecule has 4 aliphatic rings. The average Bonchev–Trinajstić information content (AvgIpc) is 3.70. The van der Waals surface area contributed by atoms with Crippen LogP contribution in [0.15, 0.2) is 72.8 Å². The first-order chi connectivity index (χ1) is 23.8. The Morgan fingerprint density at radius 3 is 2.18 bits per heavy atom. The van der Waals surface area contributed by atoms with Crippen molar-refractivity contribution in [1.29, 1.82) is 0 Å². The molecule has 0 spiro atoms. The standard InChI is InChI=1S/C38H39N3O8/c42-34(29-14-6-7-15-30(29)37(45)48-23-24-9-2-1-3-10-24)40-20-17-25-11-8-16-32(49-26-18-19-39(21-26)38(46)47)33(25)31(40)22-41-35(43)27-12-4-5-13-28(27)36(41)44/h1-5,8-13,16,26,29-31H,6-7,14-15,17-23H2,(H,46,47)/t26?,29-,30+,31-/m1/s1. The van der Waals surface area contributed by atoms with Crippen LogP contribution in [0.1, 0.15) is 75.6 Å². The average molecular weight is 666 g/mol. The molecule has 11 nitrogen and oxygen atoms in total. The van der Waals surface area contributed by atoms with E-state index in [0.29, 0.717) is 61.2 Å². The van der Waals surface area contributed by atoms with Crippen LogP contribution in [-0.4, -0.2) is 81.9 Å². The summed E-state index contributed by atoms with van der Waals surface area (Å²) in [5.74, 6) is -2.19. The molecule has 1 saturated carbocycles. The van der Waals surface area contributed by atoms with Gasteiger partial charge in [0, 0.05) is 25.1 Å². The molecule has 2 fully saturated rings. The Kier molecular flexibility index (Phi) is 9.07. The SMILES string of the molecule is O=C(OCc1ccccc1)[C@H]1CCCC[C@H]1C(=O)N1CCc2cccc(OC3CCN(C(=O)O)C3)c2[C@H]1CN1C(=O)c2ccccc2C1=O. The minimum atomic E-state index is -1.01. The first kappa shape index (κ1) is 32.4. The highest BCUT2D eigenvalue weighted by Crippen LogP contribution is 2.42. The molecule has 4 amide bonds. The van der Waals surface area contributed by atoms with Crippen LogP contribution in [0.3, 0.4) is 0 Å². The van der Waals surface area contributed by atoms with Crippen LogP contribution in [0, 0.1) is 11.8 Å². The molecule has 3 heterocycles. The topological polar surface area (TPSA) is 134 Å². The Hall–Kier alpha value is -5.19. The van der Waals surface area contributed by atoms with Gasteiger partial charge in [-0.25, -0.2) is 4.79 Å². The van der Waals surface area contributed by atoms with Crippen LogP contribution in [0.25, 0.3) is 0 Å². The summed E-state index contributed by atoms with van der Waals surface area (Å²) in [6.45, 7) is 0.924. The number of fused-ring (bicyclic) bond motifs is 2. The van der Waals surface area contributed by atoms with Crippen LogP contribution < -0.4 is 4.74 Å². The number of benzene rings is 3. The molecule has 11 heteroatoms. The molecule has 49 heavy (non-hydrogen) atoms. The molecule has 0 radical (unpaired) electrons. The smallest absolute Gasteiger partial charge is 0.407 e. The predicted molar refractivity (Wildman–Crippen MR) is 177 cm³/mol. The Morgan fingerprint density at radius 2 is 1.49 bits per heavy atom. The molecule has 1 aliphatic carbocycles. The van der Waals surface area contributed by atoms with Crippen molar-refractivity contribution in [3.63, 3.8) is 0 Å². The lowest BCUT2D eigenvalue weighted by molar-refractivity contribution is -0.159. The van der Waals surface area contributed by atoms with Gasteiger partial charge in [-0.1, -0.05) is 67.4 Å². The summed E-state index contributed by atoms with van der Waals surface area (Å²) in [7, 11) is 0. The molecule has 7 rings (SSSR count). The van der Waals surface area contributed by atoms with Gasteiger partial charge in [0.25, 0.3) is 11.8 Å². The summed E-state index contributed by atoms with van der Waals surface area (Å²) in [6, 6.07) is 21.0. The van der Waals surface area contributed by atoms with Crippen molar-refractivity contribution in [3.05, 3.63) is 101 Å². The van der Waals surface area contributed by atoms with E-state index in [0.717, 1.165) is 24.0 Å². The fourth-order valence-electron chi connectivity index (χ4n) is 7.81. The number of hydrogen-bond donors (Lipinski definition) is 1. The Labute approximate surface area is 284 Å². The molecule has 1 unspecified atom stereocenters. The van der Waals surface area contributed by atoms with Gasteiger partial charge in [0.2, 0.25) is 5.91 Å². The van der Waals surface area contributed by atoms with Crippen LogP contribution in [0.4, 0.5) is 4.79 Å². The quantitative estimate of drug-likeness (QED) is 0.260. The fraction of sp³-hybridized carbons (Fsp3) is 0.395. The zero-order valence-electron chi connectivity index (χ0n) is 27.2. The van der Waals surface area contributed by atoms with Crippen LogP contribution >= 0.6 is 0 Å². The van der Waals surface area contributed by atoms with E-state index in [9.17, 15) is 29.1 Å². The van der Waals surface area contributed by atoms with Gasteiger partial charge in [0.1, 0.15) is 18.5 Å². The second kappa shape index (κ2) is 13.7. The highest BCUT2D eigenvalue weighted by Gasteiger charge is 2.45. The van der Waals surface area contributed by atoms with Crippen LogP contribution in [-0.2, 0) is 27.4 Å². The number of carbonyl (C=O) groups is 5. The lowest BCUT2D eigenvalue weighted by Gasteiger charge is -2.42. The molecule has 3 aliphatic heterocycles. The Balaban J connectivity index is 1.20. The number of imide groups is 1.